The van der Waals surface area contributed by atoms with E-state index in [4.69, 9.17) is 19.3 Å². The van der Waals surface area contributed by atoms with Crippen LogP contribution in [0, 0.1) is 0 Å². The van der Waals surface area contributed by atoms with E-state index < -0.39 is 18.5 Å². The molecule has 0 amide bonds. The highest BCUT2D eigenvalue weighted by molar-refractivity contribution is 9.10. The maximum atomic E-state index is 12.5. The van der Waals surface area contributed by atoms with Gasteiger partial charge in [0, 0.05) is 4.47 Å². The number of aliphatic hydroxyl groups excluding tert-OH is 1. The summed E-state index contributed by atoms with van der Waals surface area (Å²) in [7, 11) is 1.43. The van der Waals surface area contributed by atoms with E-state index in [2.05, 4.69) is 20.9 Å². The van der Waals surface area contributed by atoms with Crippen molar-refractivity contribution in [3.05, 3.63) is 68.7 Å². The molecule has 0 spiro atoms. The van der Waals surface area contributed by atoms with E-state index in [0.717, 1.165) is 11.8 Å². The van der Waals surface area contributed by atoms with Gasteiger partial charge in [-0.1, -0.05) is 45.9 Å². The second-order valence-corrected chi connectivity index (χ2v) is 8.40. The molecule has 3 rings (SSSR count). The van der Waals surface area contributed by atoms with Gasteiger partial charge in [0.15, 0.2) is 18.1 Å². The molecule has 2 aromatic carbocycles. The van der Waals surface area contributed by atoms with Crippen LogP contribution in [0.15, 0.2) is 68.2 Å². The summed E-state index contributed by atoms with van der Waals surface area (Å²) in [6, 6.07) is 12.3. The van der Waals surface area contributed by atoms with Crippen LogP contribution >= 0.6 is 27.7 Å². The molecule has 2 N–H and O–H groups in total. The first-order valence-corrected chi connectivity index (χ1v) is 11.3. The predicted molar refractivity (Wildman–Crippen MR) is 129 cm³/mol. The number of ether oxygens (including phenoxy) is 3. The topological polar surface area (TPSA) is 115 Å². The zero-order valence-corrected chi connectivity index (χ0v) is 20.1. The number of halogens is 1. The van der Waals surface area contributed by atoms with Crippen molar-refractivity contribution >= 4 is 56.4 Å². The largest absolute Gasteiger partial charge is 0.506 e. The van der Waals surface area contributed by atoms with Crippen molar-refractivity contribution in [1.29, 1.82) is 0 Å². The van der Waals surface area contributed by atoms with Crippen LogP contribution in [-0.4, -0.2) is 47.5 Å². The van der Waals surface area contributed by atoms with Crippen molar-refractivity contribution in [2.75, 3.05) is 20.3 Å². The standard InChI is InChI=1S/C23H20BrNO7S/c1-3-31-23(29)20-21(28)18(33-22(20)25-14-7-5-4-6-8-14)10-13-9-16(30-2)17(11-15(13)24)32-12-19(26)27/h4-11,28H,3,12H2,1-2H3,(H,26,27)/b18-10-,25-22?. The number of aliphatic carboxylic acids is 1. The van der Waals surface area contributed by atoms with Gasteiger partial charge in [-0.25, -0.2) is 14.6 Å². The van der Waals surface area contributed by atoms with E-state index in [1.165, 1.54) is 7.11 Å². The number of benzene rings is 2. The van der Waals surface area contributed by atoms with Gasteiger partial charge in [-0.05, 0) is 42.8 Å². The normalized spacial score (nSPS) is 15.7. The number of esters is 1. The van der Waals surface area contributed by atoms with E-state index in [1.807, 2.05) is 18.2 Å². The number of carboxylic acids is 1. The fourth-order valence-corrected chi connectivity index (χ4v) is 4.29. The van der Waals surface area contributed by atoms with Crippen LogP contribution in [0.5, 0.6) is 11.5 Å². The Hall–Kier alpha value is -3.24. The van der Waals surface area contributed by atoms with Crippen LogP contribution in [0.4, 0.5) is 5.69 Å². The number of aliphatic hydroxyl groups is 1. The highest BCUT2D eigenvalue weighted by Gasteiger charge is 2.33. The van der Waals surface area contributed by atoms with Crippen molar-refractivity contribution in [3.8, 4) is 11.5 Å². The lowest BCUT2D eigenvalue weighted by Crippen LogP contribution is -2.12. The van der Waals surface area contributed by atoms with Gasteiger partial charge in [-0.2, -0.15) is 0 Å². The molecule has 2 aromatic rings. The van der Waals surface area contributed by atoms with Crippen LogP contribution in [0.2, 0.25) is 0 Å². The van der Waals surface area contributed by atoms with Gasteiger partial charge in [0.05, 0.1) is 24.3 Å². The number of hydrogen-bond acceptors (Lipinski definition) is 8. The Labute approximate surface area is 202 Å². The third-order valence-corrected chi connectivity index (χ3v) is 5.98. The first-order chi connectivity index (χ1) is 15.8. The summed E-state index contributed by atoms with van der Waals surface area (Å²) in [5, 5.41) is 20.0. The molecule has 0 saturated carbocycles. The first kappa shape index (κ1) is 24.4. The number of nitrogens with zero attached hydrogens (tertiary/aromatic N) is 1. The highest BCUT2D eigenvalue weighted by atomic mass is 79.9. The molecule has 1 aliphatic heterocycles. The van der Waals surface area contributed by atoms with Gasteiger partial charge >= 0.3 is 11.9 Å². The van der Waals surface area contributed by atoms with E-state index in [9.17, 15) is 14.7 Å². The lowest BCUT2D eigenvalue weighted by molar-refractivity contribution is -0.139. The molecule has 172 valence electrons. The molecule has 0 aliphatic carbocycles. The lowest BCUT2D eigenvalue weighted by atomic mass is 10.1. The summed E-state index contributed by atoms with van der Waals surface area (Å²) in [4.78, 5) is 28.2. The van der Waals surface area contributed by atoms with Gasteiger partial charge in [0.25, 0.3) is 0 Å². The Morgan fingerprint density at radius 2 is 1.91 bits per heavy atom. The van der Waals surface area contributed by atoms with E-state index >= 15 is 0 Å². The Morgan fingerprint density at radius 3 is 2.55 bits per heavy atom. The van der Waals surface area contributed by atoms with E-state index in [1.54, 1.807) is 37.3 Å². The van der Waals surface area contributed by atoms with Crippen molar-refractivity contribution in [3.63, 3.8) is 0 Å². The minimum Gasteiger partial charge on any atom is -0.506 e. The zero-order chi connectivity index (χ0) is 24.0. The fourth-order valence-electron chi connectivity index (χ4n) is 2.83. The Balaban J connectivity index is 2.03. The molecule has 0 radical (unpaired) electrons. The van der Waals surface area contributed by atoms with E-state index in [0.29, 0.717) is 31.4 Å². The Kier molecular flexibility index (Phi) is 8.18. The SMILES string of the molecule is CCOC(=O)C1=C(O)/C(=C/c2cc(OC)c(OCC(=O)O)cc2Br)SC1=Nc1ccccc1. The van der Waals surface area contributed by atoms with Gasteiger partial charge in [0.1, 0.15) is 16.4 Å². The van der Waals surface area contributed by atoms with Crippen LogP contribution in [0.25, 0.3) is 6.08 Å². The number of hydrogen-bond donors (Lipinski definition) is 2. The third-order valence-electron chi connectivity index (χ3n) is 4.28. The molecule has 0 aromatic heterocycles. The van der Waals surface area contributed by atoms with Crippen molar-refractivity contribution in [1.82, 2.24) is 0 Å². The van der Waals surface area contributed by atoms with Crippen molar-refractivity contribution < 1.29 is 34.0 Å². The smallest absolute Gasteiger partial charge is 0.344 e. The van der Waals surface area contributed by atoms with Gasteiger partial charge < -0.3 is 24.4 Å². The molecule has 33 heavy (non-hydrogen) atoms. The number of aliphatic imine (C=N–C) groups is 1. The van der Waals surface area contributed by atoms with Crippen LogP contribution in [0.3, 0.4) is 0 Å². The number of thioether (sulfide) groups is 1. The summed E-state index contributed by atoms with van der Waals surface area (Å²) in [5.74, 6) is -1.48. The zero-order valence-electron chi connectivity index (χ0n) is 17.7. The number of carbonyl (C=O) groups excluding carboxylic acids is 1. The average molecular weight is 534 g/mol. The van der Waals surface area contributed by atoms with Gasteiger partial charge in [0.2, 0.25) is 0 Å². The summed E-state index contributed by atoms with van der Waals surface area (Å²) < 4.78 is 16.2. The number of para-hydroxylation sites is 1. The summed E-state index contributed by atoms with van der Waals surface area (Å²) in [6.07, 6.45) is 1.65. The third kappa shape index (κ3) is 5.96. The quantitative estimate of drug-likeness (QED) is 0.449. The van der Waals surface area contributed by atoms with Gasteiger partial charge in [-0.3, -0.25) is 0 Å². The summed E-state index contributed by atoms with van der Waals surface area (Å²) >= 11 is 4.55. The average Bonchev–Trinajstić information content (AvgIpc) is 3.09. The second-order valence-electron chi connectivity index (χ2n) is 6.51. The highest BCUT2D eigenvalue weighted by Crippen LogP contribution is 2.42. The monoisotopic (exact) mass is 533 g/mol. The molecule has 10 heteroatoms. The first-order valence-electron chi connectivity index (χ1n) is 9.70. The van der Waals surface area contributed by atoms with Crippen molar-refractivity contribution in [2.45, 2.75) is 6.92 Å². The van der Waals surface area contributed by atoms with Crippen molar-refractivity contribution in [2.24, 2.45) is 4.99 Å². The lowest BCUT2D eigenvalue weighted by Gasteiger charge is -2.12. The molecule has 0 fully saturated rings. The Bertz CT molecular complexity index is 1160. The molecular weight excluding hydrogens is 514 g/mol. The minimum absolute atomic E-state index is 0.0125. The molecule has 8 nitrogen and oxygen atoms in total. The molecule has 1 heterocycles. The summed E-state index contributed by atoms with van der Waals surface area (Å²) in [6.45, 7) is 1.31. The van der Waals surface area contributed by atoms with Gasteiger partial charge in [-0.15, -0.1) is 0 Å². The number of carbonyl (C=O) groups is 2. The maximum absolute atomic E-state index is 12.5. The molecule has 0 bridgehead atoms. The summed E-state index contributed by atoms with van der Waals surface area (Å²) in [5.41, 5.74) is 1.22. The molecule has 0 unspecified atom stereocenters. The molecule has 1 aliphatic rings. The number of carboxylic acid groups (broad SMARTS) is 1. The van der Waals surface area contributed by atoms with E-state index in [-0.39, 0.29) is 23.7 Å². The molecular formula is C23H20BrNO7S. The van der Waals surface area contributed by atoms with Crippen LogP contribution in [0.1, 0.15) is 12.5 Å². The number of methoxy groups -OCH3 is 1. The van der Waals surface area contributed by atoms with Crippen LogP contribution < -0.4 is 9.47 Å². The Morgan fingerprint density at radius 1 is 1.18 bits per heavy atom. The minimum atomic E-state index is -1.12. The molecule has 0 saturated heterocycles. The fraction of sp³-hybridized carbons (Fsp3) is 0.174. The maximum Gasteiger partial charge on any atom is 0.344 e. The second kappa shape index (κ2) is 11.1. The predicted octanol–water partition coefficient (Wildman–Crippen LogP) is 5.11. The molecule has 0 atom stereocenters. The van der Waals surface area contributed by atoms with Crippen LogP contribution in [-0.2, 0) is 14.3 Å². The number of rotatable bonds is 8.